The fourth-order valence-corrected chi connectivity index (χ4v) is 2.23. The van der Waals surface area contributed by atoms with E-state index in [2.05, 4.69) is 10.3 Å². The number of carbonyl (C=O) groups is 2. The van der Waals surface area contributed by atoms with Crippen molar-refractivity contribution in [3.05, 3.63) is 29.8 Å². The van der Waals surface area contributed by atoms with Gasteiger partial charge in [0.2, 0.25) is 11.9 Å². The molecule has 0 atom stereocenters. The second-order valence-corrected chi connectivity index (χ2v) is 4.61. The van der Waals surface area contributed by atoms with Crippen LogP contribution in [0.2, 0.25) is 0 Å². The molecular formula is C13H16FN3O2. The molecule has 0 aromatic carbocycles. The quantitative estimate of drug-likeness (QED) is 0.810. The van der Waals surface area contributed by atoms with Gasteiger partial charge >= 0.3 is 0 Å². The van der Waals surface area contributed by atoms with Crippen LogP contribution in [-0.2, 0) is 4.79 Å². The predicted molar refractivity (Wildman–Crippen MR) is 66.9 cm³/mol. The van der Waals surface area contributed by atoms with Gasteiger partial charge in [0.1, 0.15) is 0 Å². The molecule has 0 aliphatic carbocycles. The monoisotopic (exact) mass is 265 g/mol. The lowest BCUT2D eigenvalue weighted by Gasteiger charge is -2.32. The third-order valence-electron chi connectivity index (χ3n) is 3.18. The van der Waals surface area contributed by atoms with Crippen molar-refractivity contribution in [1.29, 1.82) is 0 Å². The van der Waals surface area contributed by atoms with E-state index in [1.807, 2.05) is 0 Å². The minimum atomic E-state index is -0.739. The molecule has 0 spiro atoms. The van der Waals surface area contributed by atoms with Crippen molar-refractivity contribution >= 4 is 11.8 Å². The van der Waals surface area contributed by atoms with E-state index in [1.54, 1.807) is 11.0 Å². The van der Waals surface area contributed by atoms with Crippen LogP contribution in [0.25, 0.3) is 0 Å². The van der Waals surface area contributed by atoms with Gasteiger partial charge < -0.3 is 10.2 Å². The summed E-state index contributed by atoms with van der Waals surface area (Å²) in [6.07, 6.45) is 2.69. The predicted octanol–water partition coefficient (Wildman–Crippen LogP) is 0.961. The number of nitrogens with zero attached hydrogens (tertiary/aromatic N) is 2. The summed E-state index contributed by atoms with van der Waals surface area (Å²) in [6, 6.07) is 3.07. The molecule has 1 aliphatic rings. The maximum atomic E-state index is 13.4. The number of carbonyl (C=O) groups excluding carboxylic acids is 2. The Morgan fingerprint density at radius 2 is 2.11 bits per heavy atom. The van der Waals surface area contributed by atoms with Gasteiger partial charge in [-0.25, -0.2) is 4.98 Å². The van der Waals surface area contributed by atoms with Gasteiger partial charge in [-0.15, -0.1) is 0 Å². The van der Waals surface area contributed by atoms with Crippen LogP contribution in [-0.4, -0.2) is 40.8 Å². The molecule has 19 heavy (non-hydrogen) atoms. The second-order valence-electron chi connectivity index (χ2n) is 4.61. The van der Waals surface area contributed by atoms with Gasteiger partial charge in [-0.3, -0.25) is 9.59 Å². The van der Waals surface area contributed by atoms with Gasteiger partial charge in [-0.2, -0.15) is 4.39 Å². The van der Waals surface area contributed by atoms with Crippen molar-refractivity contribution in [3.63, 3.8) is 0 Å². The molecule has 6 heteroatoms. The second kappa shape index (κ2) is 5.77. The van der Waals surface area contributed by atoms with Crippen LogP contribution in [0.15, 0.2) is 18.3 Å². The first-order chi connectivity index (χ1) is 9.08. The van der Waals surface area contributed by atoms with E-state index in [4.69, 9.17) is 0 Å². The van der Waals surface area contributed by atoms with Crippen LogP contribution in [0.4, 0.5) is 4.39 Å². The zero-order valence-electron chi connectivity index (χ0n) is 10.7. The highest BCUT2D eigenvalue weighted by molar-refractivity contribution is 5.94. The van der Waals surface area contributed by atoms with Crippen LogP contribution in [0.1, 0.15) is 30.1 Å². The molecule has 2 amide bonds. The van der Waals surface area contributed by atoms with Crippen LogP contribution in [0, 0.1) is 5.95 Å². The molecule has 1 aromatic heterocycles. The summed E-state index contributed by atoms with van der Waals surface area (Å²) in [5, 5.41) is 2.83. The molecule has 1 aromatic rings. The molecular weight excluding hydrogens is 249 g/mol. The normalized spacial score (nSPS) is 16.2. The maximum Gasteiger partial charge on any atom is 0.258 e. The lowest BCUT2D eigenvalue weighted by atomic mass is 10.0. The fourth-order valence-electron chi connectivity index (χ4n) is 2.23. The van der Waals surface area contributed by atoms with Gasteiger partial charge in [0, 0.05) is 32.3 Å². The summed E-state index contributed by atoms with van der Waals surface area (Å²) in [7, 11) is 0. The van der Waals surface area contributed by atoms with Crippen molar-refractivity contribution in [2.75, 3.05) is 13.1 Å². The highest BCUT2D eigenvalue weighted by Gasteiger charge is 2.25. The Morgan fingerprint density at radius 3 is 2.68 bits per heavy atom. The summed E-state index contributed by atoms with van der Waals surface area (Å²) < 4.78 is 13.4. The molecule has 0 unspecified atom stereocenters. The third-order valence-corrected chi connectivity index (χ3v) is 3.18. The number of nitrogens with one attached hydrogen (secondary N) is 1. The van der Waals surface area contributed by atoms with Crippen molar-refractivity contribution in [1.82, 2.24) is 15.2 Å². The number of hydrogen-bond donors (Lipinski definition) is 1. The molecule has 2 heterocycles. The molecule has 1 aliphatic heterocycles. The highest BCUT2D eigenvalue weighted by Crippen LogP contribution is 2.15. The van der Waals surface area contributed by atoms with E-state index in [0.29, 0.717) is 25.9 Å². The van der Waals surface area contributed by atoms with Crippen LogP contribution < -0.4 is 5.32 Å². The molecule has 5 nitrogen and oxygen atoms in total. The first-order valence-electron chi connectivity index (χ1n) is 6.25. The molecule has 1 N–H and O–H groups in total. The fraction of sp³-hybridized carbons (Fsp3) is 0.462. The maximum absolute atomic E-state index is 13.4. The SMILES string of the molecule is CC(=O)NC1CCN(C(=O)c2cccnc2F)CC1. The summed E-state index contributed by atoms with van der Waals surface area (Å²) in [5.74, 6) is -1.15. The van der Waals surface area contributed by atoms with Crippen molar-refractivity contribution < 1.29 is 14.0 Å². The Balaban J connectivity index is 1.96. The van der Waals surface area contributed by atoms with Gasteiger partial charge in [-0.1, -0.05) is 0 Å². The molecule has 0 bridgehead atoms. The molecule has 0 saturated carbocycles. The van der Waals surface area contributed by atoms with Gasteiger partial charge in [0.25, 0.3) is 5.91 Å². The minimum absolute atomic E-state index is 0.000442. The van der Waals surface area contributed by atoms with E-state index >= 15 is 0 Å². The minimum Gasteiger partial charge on any atom is -0.353 e. The number of halogens is 1. The Morgan fingerprint density at radius 1 is 1.42 bits per heavy atom. The molecule has 2 rings (SSSR count). The summed E-state index contributed by atoms with van der Waals surface area (Å²) >= 11 is 0. The van der Waals surface area contributed by atoms with Crippen LogP contribution in [0.5, 0.6) is 0 Å². The molecule has 1 fully saturated rings. The standard InChI is InChI=1S/C13H16FN3O2/c1-9(18)16-10-4-7-17(8-5-10)13(19)11-3-2-6-15-12(11)14/h2-3,6,10H,4-5,7-8H2,1H3,(H,16,18). The van der Waals surface area contributed by atoms with Gasteiger partial charge in [-0.05, 0) is 25.0 Å². The van der Waals surface area contributed by atoms with E-state index in [1.165, 1.54) is 19.2 Å². The number of amides is 2. The number of likely N-dealkylation sites (tertiary alicyclic amines) is 1. The summed E-state index contributed by atoms with van der Waals surface area (Å²) in [4.78, 5) is 28.1. The van der Waals surface area contributed by atoms with Gasteiger partial charge in [0.05, 0.1) is 5.56 Å². The number of piperidine rings is 1. The molecule has 1 saturated heterocycles. The number of rotatable bonds is 2. The van der Waals surface area contributed by atoms with Crippen molar-refractivity contribution in [2.24, 2.45) is 0 Å². The van der Waals surface area contributed by atoms with E-state index in [0.717, 1.165) is 0 Å². The molecule has 0 radical (unpaired) electrons. The van der Waals surface area contributed by atoms with Gasteiger partial charge in [0.15, 0.2) is 0 Å². The zero-order valence-corrected chi connectivity index (χ0v) is 10.7. The number of hydrogen-bond acceptors (Lipinski definition) is 3. The van der Waals surface area contributed by atoms with Crippen molar-refractivity contribution in [3.8, 4) is 0 Å². The molecule has 102 valence electrons. The summed E-state index contributed by atoms with van der Waals surface area (Å²) in [6.45, 7) is 2.50. The Bertz CT molecular complexity index is 485. The smallest absolute Gasteiger partial charge is 0.258 e. The first kappa shape index (κ1) is 13.5. The van der Waals surface area contributed by atoms with Crippen molar-refractivity contribution in [2.45, 2.75) is 25.8 Å². The topological polar surface area (TPSA) is 62.3 Å². The van der Waals surface area contributed by atoms with Crippen LogP contribution in [0.3, 0.4) is 0 Å². The zero-order chi connectivity index (χ0) is 13.8. The largest absolute Gasteiger partial charge is 0.353 e. The van der Waals surface area contributed by atoms with E-state index in [-0.39, 0.29) is 23.4 Å². The van der Waals surface area contributed by atoms with Crippen LogP contribution >= 0.6 is 0 Å². The number of pyridine rings is 1. The Labute approximate surface area is 110 Å². The Kier molecular flexibility index (Phi) is 4.09. The lowest BCUT2D eigenvalue weighted by Crippen LogP contribution is -2.46. The lowest BCUT2D eigenvalue weighted by molar-refractivity contribution is -0.119. The Hall–Kier alpha value is -1.98. The average molecular weight is 265 g/mol. The third kappa shape index (κ3) is 3.27. The summed E-state index contributed by atoms with van der Waals surface area (Å²) in [5.41, 5.74) is 0.000442. The first-order valence-corrected chi connectivity index (χ1v) is 6.25. The highest BCUT2D eigenvalue weighted by atomic mass is 19.1. The van der Waals surface area contributed by atoms with E-state index in [9.17, 15) is 14.0 Å². The average Bonchev–Trinajstić information content (AvgIpc) is 2.39. The number of aromatic nitrogens is 1. The van der Waals surface area contributed by atoms with E-state index < -0.39 is 5.95 Å².